The largest absolute Gasteiger partial charge is 0.205 e. The fraction of sp³-hybridized carbons (Fsp3) is 0.217. The average Bonchev–Trinajstić information content (AvgIpc) is 2.65. The third-order valence-corrected chi connectivity index (χ3v) is 4.97. The van der Waals surface area contributed by atoms with E-state index in [2.05, 4.69) is 31.2 Å². The van der Waals surface area contributed by atoms with Gasteiger partial charge in [0.2, 0.25) is 0 Å². The van der Waals surface area contributed by atoms with E-state index in [1.54, 1.807) is 0 Å². The van der Waals surface area contributed by atoms with Gasteiger partial charge < -0.3 is 0 Å². The van der Waals surface area contributed by atoms with Gasteiger partial charge >= 0.3 is 0 Å². The fourth-order valence-corrected chi connectivity index (χ4v) is 3.38. The van der Waals surface area contributed by atoms with E-state index in [4.69, 9.17) is 11.6 Å². The Morgan fingerprint density at radius 3 is 1.88 bits per heavy atom. The van der Waals surface area contributed by atoms with Crippen LogP contribution in [0.4, 0.5) is 4.39 Å². The summed E-state index contributed by atoms with van der Waals surface area (Å²) in [5, 5.41) is 0.232. The van der Waals surface area contributed by atoms with E-state index in [-0.39, 0.29) is 10.8 Å². The first-order valence-corrected chi connectivity index (χ1v) is 9.18. The van der Waals surface area contributed by atoms with E-state index in [1.165, 1.54) is 11.1 Å². The van der Waals surface area contributed by atoms with Crippen molar-refractivity contribution >= 4 is 11.6 Å². The topological polar surface area (TPSA) is 0 Å². The van der Waals surface area contributed by atoms with Crippen LogP contribution < -0.4 is 0 Å². The van der Waals surface area contributed by atoms with Crippen molar-refractivity contribution in [1.82, 2.24) is 0 Å². The Bertz CT molecular complexity index is 849. The summed E-state index contributed by atoms with van der Waals surface area (Å²) in [4.78, 5) is 0. The van der Waals surface area contributed by atoms with Gasteiger partial charge in [-0.05, 0) is 40.7 Å². The number of rotatable bonds is 5. The van der Waals surface area contributed by atoms with E-state index in [0.29, 0.717) is 5.56 Å². The van der Waals surface area contributed by atoms with Crippen molar-refractivity contribution in [2.75, 3.05) is 0 Å². The maximum Gasteiger partial charge on any atom is 0.149 e. The highest BCUT2D eigenvalue weighted by Gasteiger charge is 2.12. The van der Waals surface area contributed by atoms with Gasteiger partial charge in [-0.25, -0.2) is 4.39 Å². The number of benzene rings is 3. The molecule has 0 heterocycles. The molecule has 3 aromatic rings. The molecule has 0 N–H and O–H groups in total. The lowest BCUT2D eigenvalue weighted by molar-refractivity contribution is 0.629. The predicted molar refractivity (Wildman–Crippen MR) is 106 cm³/mol. The average molecular weight is 353 g/mol. The summed E-state index contributed by atoms with van der Waals surface area (Å²) in [7, 11) is 0. The van der Waals surface area contributed by atoms with Gasteiger partial charge in [0.15, 0.2) is 0 Å². The van der Waals surface area contributed by atoms with Gasteiger partial charge in [-0.3, -0.25) is 0 Å². The lowest BCUT2D eigenvalue weighted by atomic mass is 9.98. The first-order chi connectivity index (χ1) is 12.1. The summed E-state index contributed by atoms with van der Waals surface area (Å²) in [6, 6.07) is 20.3. The minimum Gasteiger partial charge on any atom is -0.205 e. The molecule has 0 amide bonds. The minimum atomic E-state index is -0.335. The van der Waals surface area contributed by atoms with Crippen molar-refractivity contribution in [2.45, 2.75) is 33.1 Å². The Hall–Kier alpha value is -2.12. The Kier molecular flexibility index (Phi) is 5.55. The van der Waals surface area contributed by atoms with Crippen LogP contribution >= 0.6 is 11.6 Å². The molecular weight excluding hydrogens is 331 g/mol. The number of hydrogen-bond acceptors (Lipinski definition) is 0. The van der Waals surface area contributed by atoms with E-state index in [9.17, 15) is 4.39 Å². The van der Waals surface area contributed by atoms with E-state index < -0.39 is 0 Å². The first kappa shape index (κ1) is 17.7. The summed E-state index contributed by atoms with van der Waals surface area (Å²) >= 11 is 6.14. The van der Waals surface area contributed by atoms with Crippen LogP contribution in [0.1, 0.15) is 31.4 Å². The molecular formula is C23H22ClF. The van der Waals surface area contributed by atoms with Gasteiger partial charge in [-0.1, -0.05) is 92.5 Å². The molecule has 0 unspecified atom stereocenters. The van der Waals surface area contributed by atoms with Gasteiger partial charge in [0, 0.05) is 5.56 Å². The maximum absolute atomic E-state index is 14.5. The summed E-state index contributed by atoms with van der Waals surface area (Å²) in [5.74, 6) is -0.335. The summed E-state index contributed by atoms with van der Waals surface area (Å²) in [5.41, 5.74) is 5.89. The lowest BCUT2D eigenvalue weighted by Gasteiger charge is -2.10. The summed E-state index contributed by atoms with van der Waals surface area (Å²) in [6.07, 6.45) is 2.98. The minimum absolute atomic E-state index is 0.232. The van der Waals surface area contributed by atoms with E-state index in [1.807, 2.05) is 43.3 Å². The van der Waals surface area contributed by atoms with Crippen LogP contribution in [0.5, 0.6) is 0 Å². The van der Waals surface area contributed by atoms with E-state index in [0.717, 1.165) is 36.0 Å². The third kappa shape index (κ3) is 3.77. The highest BCUT2D eigenvalue weighted by Crippen LogP contribution is 2.32. The zero-order valence-electron chi connectivity index (χ0n) is 14.7. The van der Waals surface area contributed by atoms with Crippen molar-refractivity contribution in [3.8, 4) is 22.3 Å². The van der Waals surface area contributed by atoms with Crippen LogP contribution in [0.2, 0.25) is 5.02 Å². The molecule has 0 aliphatic heterocycles. The van der Waals surface area contributed by atoms with E-state index >= 15 is 0 Å². The van der Waals surface area contributed by atoms with Crippen LogP contribution in [0.25, 0.3) is 22.3 Å². The highest BCUT2D eigenvalue weighted by molar-refractivity contribution is 6.31. The van der Waals surface area contributed by atoms with Crippen molar-refractivity contribution in [3.63, 3.8) is 0 Å². The van der Waals surface area contributed by atoms with Crippen LogP contribution in [0.3, 0.4) is 0 Å². The molecule has 0 aromatic heterocycles. The molecule has 0 saturated heterocycles. The molecule has 3 rings (SSSR count). The number of hydrogen-bond donors (Lipinski definition) is 0. The Labute approximate surface area is 154 Å². The standard InChI is InChI=1S/C23H22ClF/c1-3-5-16-6-8-18(9-7-16)19-10-12-20(13-11-19)21-15-14-17(4-2)22(24)23(21)25/h6-15H,3-5H2,1-2H3. The second kappa shape index (κ2) is 7.84. The Morgan fingerprint density at radius 1 is 0.760 bits per heavy atom. The molecule has 0 nitrogen and oxygen atoms in total. The molecule has 0 aliphatic carbocycles. The van der Waals surface area contributed by atoms with Gasteiger partial charge in [0.25, 0.3) is 0 Å². The lowest BCUT2D eigenvalue weighted by Crippen LogP contribution is -1.91. The third-order valence-electron chi connectivity index (χ3n) is 4.57. The van der Waals surface area contributed by atoms with Gasteiger partial charge in [-0.2, -0.15) is 0 Å². The van der Waals surface area contributed by atoms with Crippen molar-refractivity contribution in [1.29, 1.82) is 0 Å². The molecule has 0 aliphatic rings. The zero-order valence-corrected chi connectivity index (χ0v) is 15.4. The molecule has 0 bridgehead atoms. The zero-order chi connectivity index (χ0) is 17.8. The van der Waals surface area contributed by atoms with Crippen LogP contribution in [0, 0.1) is 5.82 Å². The Morgan fingerprint density at radius 2 is 1.32 bits per heavy atom. The molecule has 0 saturated carbocycles. The summed E-state index contributed by atoms with van der Waals surface area (Å²) in [6.45, 7) is 4.16. The second-order valence-electron chi connectivity index (χ2n) is 6.28. The molecule has 3 aromatic carbocycles. The van der Waals surface area contributed by atoms with Crippen molar-refractivity contribution < 1.29 is 4.39 Å². The molecule has 0 fully saturated rings. The predicted octanol–water partition coefficient (Wildman–Crippen LogP) is 7.33. The molecule has 0 atom stereocenters. The highest BCUT2D eigenvalue weighted by atomic mass is 35.5. The SMILES string of the molecule is CCCc1ccc(-c2ccc(-c3ccc(CC)c(Cl)c3F)cc2)cc1. The second-order valence-corrected chi connectivity index (χ2v) is 6.66. The monoisotopic (exact) mass is 352 g/mol. The fourth-order valence-electron chi connectivity index (χ4n) is 3.08. The van der Waals surface area contributed by atoms with Crippen molar-refractivity contribution in [3.05, 3.63) is 82.6 Å². The normalized spacial score (nSPS) is 10.9. The van der Waals surface area contributed by atoms with Crippen molar-refractivity contribution in [2.24, 2.45) is 0 Å². The van der Waals surface area contributed by atoms with Crippen LogP contribution in [-0.2, 0) is 12.8 Å². The van der Waals surface area contributed by atoms with Gasteiger partial charge in [0.1, 0.15) is 5.82 Å². The molecule has 0 radical (unpaired) electrons. The quantitative estimate of drug-likeness (QED) is 0.451. The number of halogens is 2. The Balaban J connectivity index is 1.89. The smallest absolute Gasteiger partial charge is 0.149 e. The molecule has 2 heteroatoms. The number of aryl methyl sites for hydroxylation is 2. The molecule has 128 valence electrons. The van der Waals surface area contributed by atoms with Crippen LogP contribution in [-0.4, -0.2) is 0 Å². The van der Waals surface area contributed by atoms with Gasteiger partial charge in [0.05, 0.1) is 5.02 Å². The molecule has 25 heavy (non-hydrogen) atoms. The first-order valence-electron chi connectivity index (χ1n) is 8.80. The van der Waals surface area contributed by atoms with Crippen LogP contribution in [0.15, 0.2) is 60.7 Å². The van der Waals surface area contributed by atoms with Gasteiger partial charge in [-0.15, -0.1) is 0 Å². The molecule has 0 spiro atoms. The summed E-state index contributed by atoms with van der Waals surface area (Å²) < 4.78 is 14.5. The maximum atomic E-state index is 14.5.